The van der Waals surface area contributed by atoms with E-state index in [4.69, 9.17) is 5.73 Å². The van der Waals surface area contributed by atoms with Crippen molar-refractivity contribution in [1.29, 1.82) is 0 Å². The molecule has 0 spiro atoms. The van der Waals surface area contributed by atoms with Gasteiger partial charge in [-0.25, -0.2) is 21.9 Å². The third-order valence-electron chi connectivity index (χ3n) is 2.36. The second-order valence-corrected chi connectivity index (χ2v) is 5.56. The number of halogens is 2. The number of unbranched alkanes of at least 4 members (excludes halogenated alkanes) is 2. The van der Waals surface area contributed by atoms with Gasteiger partial charge < -0.3 is 5.73 Å². The van der Waals surface area contributed by atoms with Crippen LogP contribution in [-0.4, -0.2) is 21.5 Å². The summed E-state index contributed by atoms with van der Waals surface area (Å²) in [6.07, 6.45) is 2.23. The second kappa shape index (κ2) is 6.77. The summed E-state index contributed by atoms with van der Waals surface area (Å²) < 4.78 is 51.6. The van der Waals surface area contributed by atoms with Gasteiger partial charge >= 0.3 is 0 Å². The Morgan fingerprint density at radius 3 is 2.50 bits per heavy atom. The van der Waals surface area contributed by atoms with Crippen LogP contribution >= 0.6 is 0 Å². The van der Waals surface area contributed by atoms with Gasteiger partial charge in [0.25, 0.3) is 0 Å². The van der Waals surface area contributed by atoms with Crippen LogP contribution in [0.15, 0.2) is 23.1 Å². The molecule has 0 saturated heterocycles. The molecule has 0 fully saturated rings. The zero-order valence-corrected chi connectivity index (χ0v) is 10.6. The maximum atomic E-state index is 13.3. The Hall–Kier alpha value is -1.05. The van der Waals surface area contributed by atoms with Crippen LogP contribution in [-0.2, 0) is 10.0 Å². The number of nitrogens with two attached hydrogens (primary N) is 1. The normalized spacial score (nSPS) is 11.7. The van der Waals surface area contributed by atoms with Gasteiger partial charge in [0.2, 0.25) is 10.0 Å². The average molecular weight is 278 g/mol. The third kappa shape index (κ3) is 4.32. The molecule has 0 radical (unpaired) electrons. The van der Waals surface area contributed by atoms with Crippen molar-refractivity contribution >= 4 is 10.0 Å². The SMILES string of the molecule is NCCCCCNS(=O)(=O)c1ccc(F)cc1F. The topological polar surface area (TPSA) is 72.2 Å². The van der Waals surface area contributed by atoms with Crippen LogP contribution in [0.2, 0.25) is 0 Å². The van der Waals surface area contributed by atoms with Crippen LogP contribution in [0.25, 0.3) is 0 Å². The van der Waals surface area contributed by atoms with Crippen LogP contribution in [0.3, 0.4) is 0 Å². The lowest BCUT2D eigenvalue weighted by Crippen LogP contribution is -2.25. The lowest BCUT2D eigenvalue weighted by atomic mass is 10.2. The van der Waals surface area contributed by atoms with E-state index in [1.165, 1.54) is 0 Å². The van der Waals surface area contributed by atoms with Gasteiger partial charge in [-0.1, -0.05) is 6.42 Å². The molecule has 0 heterocycles. The van der Waals surface area contributed by atoms with E-state index in [1.54, 1.807) is 0 Å². The van der Waals surface area contributed by atoms with Crippen LogP contribution in [0.4, 0.5) is 8.78 Å². The molecule has 0 unspecified atom stereocenters. The highest BCUT2D eigenvalue weighted by Gasteiger charge is 2.18. The molecule has 0 atom stereocenters. The fourth-order valence-corrected chi connectivity index (χ4v) is 2.55. The zero-order valence-electron chi connectivity index (χ0n) is 9.83. The average Bonchev–Trinajstić information content (AvgIpc) is 2.28. The molecule has 0 aromatic heterocycles. The van der Waals surface area contributed by atoms with Crippen molar-refractivity contribution in [2.24, 2.45) is 5.73 Å². The zero-order chi connectivity index (χ0) is 13.6. The number of hydrogen-bond donors (Lipinski definition) is 2. The summed E-state index contributed by atoms with van der Waals surface area (Å²) >= 11 is 0. The van der Waals surface area contributed by atoms with Crippen molar-refractivity contribution in [2.45, 2.75) is 24.2 Å². The molecule has 1 aromatic carbocycles. The van der Waals surface area contributed by atoms with Crippen molar-refractivity contribution in [2.75, 3.05) is 13.1 Å². The maximum Gasteiger partial charge on any atom is 0.243 e. The Balaban J connectivity index is 2.63. The molecular formula is C11H16F2N2O2S. The minimum atomic E-state index is -3.92. The molecule has 0 aliphatic rings. The van der Waals surface area contributed by atoms with Crippen LogP contribution in [0.1, 0.15) is 19.3 Å². The monoisotopic (exact) mass is 278 g/mol. The Bertz CT molecular complexity index is 492. The van der Waals surface area contributed by atoms with Crippen molar-refractivity contribution < 1.29 is 17.2 Å². The highest BCUT2D eigenvalue weighted by atomic mass is 32.2. The first-order valence-electron chi connectivity index (χ1n) is 5.62. The molecule has 18 heavy (non-hydrogen) atoms. The van der Waals surface area contributed by atoms with E-state index >= 15 is 0 Å². The number of sulfonamides is 1. The summed E-state index contributed by atoms with van der Waals surface area (Å²) in [5.41, 5.74) is 5.30. The molecule has 4 nitrogen and oxygen atoms in total. The Labute approximate surface area is 105 Å². The van der Waals surface area contributed by atoms with E-state index < -0.39 is 26.6 Å². The van der Waals surface area contributed by atoms with Gasteiger partial charge in [0.1, 0.15) is 16.5 Å². The molecule has 3 N–H and O–H groups in total. The third-order valence-corrected chi connectivity index (χ3v) is 3.85. The fourth-order valence-electron chi connectivity index (χ4n) is 1.42. The van der Waals surface area contributed by atoms with Gasteiger partial charge in [0.05, 0.1) is 0 Å². The van der Waals surface area contributed by atoms with Gasteiger partial charge in [0, 0.05) is 12.6 Å². The summed E-state index contributed by atoms with van der Waals surface area (Å²) in [4.78, 5) is -0.539. The van der Waals surface area contributed by atoms with Gasteiger partial charge in [-0.05, 0) is 31.5 Å². The van der Waals surface area contributed by atoms with E-state index in [0.29, 0.717) is 19.0 Å². The first kappa shape index (κ1) is 15.0. The summed E-state index contributed by atoms with van der Waals surface area (Å²) in [5.74, 6) is -1.90. The van der Waals surface area contributed by atoms with Crippen molar-refractivity contribution in [3.63, 3.8) is 0 Å². The summed E-state index contributed by atoms with van der Waals surface area (Å²) in [6.45, 7) is 0.762. The standard InChI is InChI=1S/C11H16F2N2O2S/c12-9-4-5-11(10(13)8-9)18(16,17)15-7-3-1-2-6-14/h4-5,8,15H,1-3,6-7,14H2. The maximum absolute atomic E-state index is 13.3. The Morgan fingerprint density at radius 1 is 1.17 bits per heavy atom. The predicted molar refractivity (Wildman–Crippen MR) is 64.5 cm³/mol. The molecule has 0 bridgehead atoms. The second-order valence-electron chi connectivity index (χ2n) is 3.82. The van der Waals surface area contributed by atoms with E-state index in [0.717, 1.165) is 25.0 Å². The van der Waals surface area contributed by atoms with Gasteiger partial charge in [0.15, 0.2) is 0 Å². The molecular weight excluding hydrogens is 262 g/mol. The highest BCUT2D eigenvalue weighted by Crippen LogP contribution is 2.15. The van der Waals surface area contributed by atoms with Crippen LogP contribution in [0.5, 0.6) is 0 Å². The lowest BCUT2D eigenvalue weighted by Gasteiger charge is -2.07. The molecule has 1 rings (SSSR count). The molecule has 102 valence electrons. The molecule has 0 aliphatic carbocycles. The Morgan fingerprint density at radius 2 is 1.89 bits per heavy atom. The fraction of sp³-hybridized carbons (Fsp3) is 0.455. The van der Waals surface area contributed by atoms with Crippen molar-refractivity contribution in [3.8, 4) is 0 Å². The van der Waals surface area contributed by atoms with Crippen LogP contribution < -0.4 is 10.5 Å². The first-order valence-corrected chi connectivity index (χ1v) is 7.10. The van der Waals surface area contributed by atoms with E-state index in [2.05, 4.69) is 4.72 Å². The summed E-state index contributed by atoms with van der Waals surface area (Å²) in [5, 5.41) is 0. The van der Waals surface area contributed by atoms with Crippen LogP contribution in [0, 0.1) is 11.6 Å². The largest absolute Gasteiger partial charge is 0.330 e. The highest BCUT2D eigenvalue weighted by molar-refractivity contribution is 7.89. The lowest BCUT2D eigenvalue weighted by molar-refractivity contribution is 0.541. The smallest absolute Gasteiger partial charge is 0.243 e. The van der Waals surface area contributed by atoms with E-state index in [-0.39, 0.29) is 6.54 Å². The van der Waals surface area contributed by atoms with Gasteiger partial charge in [-0.3, -0.25) is 0 Å². The Kier molecular flexibility index (Phi) is 5.64. The number of rotatable bonds is 7. The quantitative estimate of drug-likeness (QED) is 0.740. The van der Waals surface area contributed by atoms with E-state index in [1.807, 2.05) is 0 Å². The number of nitrogens with one attached hydrogen (secondary N) is 1. The summed E-state index contributed by atoms with van der Waals surface area (Å²) in [6, 6.07) is 2.36. The minimum Gasteiger partial charge on any atom is -0.330 e. The minimum absolute atomic E-state index is 0.207. The molecule has 1 aromatic rings. The molecule has 7 heteroatoms. The number of benzene rings is 1. The first-order chi connectivity index (χ1) is 8.47. The van der Waals surface area contributed by atoms with Crippen molar-refractivity contribution in [1.82, 2.24) is 4.72 Å². The molecule has 0 aliphatic heterocycles. The molecule has 0 amide bonds. The number of hydrogen-bond acceptors (Lipinski definition) is 3. The van der Waals surface area contributed by atoms with Gasteiger partial charge in [-0.2, -0.15) is 0 Å². The van der Waals surface area contributed by atoms with Crippen molar-refractivity contribution in [3.05, 3.63) is 29.8 Å². The summed E-state index contributed by atoms with van der Waals surface area (Å²) in [7, 11) is -3.92. The van der Waals surface area contributed by atoms with Gasteiger partial charge in [-0.15, -0.1) is 0 Å². The predicted octanol–water partition coefficient (Wildman–Crippen LogP) is 1.37. The van der Waals surface area contributed by atoms with E-state index in [9.17, 15) is 17.2 Å². The molecule has 0 saturated carbocycles.